The fourth-order valence-electron chi connectivity index (χ4n) is 2.09. The van der Waals surface area contributed by atoms with Crippen molar-refractivity contribution < 1.29 is 9.66 Å². The molecule has 1 aliphatic rings. The van der Waals surface area contributed by atoms with Gasteiger partial charge < -0.3 is 15.4 Å². The Hall–Kier alpha value is -1.82. The summed E-state index contributed by atoms with van der Waals surface area (Å²) in [4.78, 5) is 10.9. The standard InChI is InChI=1S/C15H23N3O3/c1-2-11-21-14-6-3-5-13(15(14)18(19)20)17-10-4-9-16-12-7-8-12/h3,5-6,12,16-17H,2,4,7-11H2,1H3. The second-order valence-corrected chi connectivity index (χ2v) is 5.27. The lowest BCUT2D eigenvalue weighted by molar-refractivity contribution is -0.385. The number of benzene rings is 1. The van der Waals surface area contributed by atoms with E-state index in [2.05, 4.69) is 10.6 Å². The van der Waals surface area contributed by atoms with Gasteiger partial charge in [0.1, 0.15) is 5.69 Å². The Morgan fingerprint density at radius 2 is 2.19 bits per heavy atom. The van der Waals surface area contributed by atoms with Crippen molar-refractivity contribution in [1.82, 2.24) is 5.32 Å². The summed E-state index contributed by atoms with van der Waals surface area (Å²) in [6.45, 7) is 4.10. The molecule has 0 saturated heterocycles. The number of hydrogen-bond acceptors (Lipinski definition) is 5. The summed E-state index contributed by atoms with van der Waals surface area (Å²) in [7, 11) is 0. The minimum Gasteiger partial charge on any atom is -0.487 e. The van der Waals surface area contributed by atoms with Gasteiger partial charge >= 0.3 is 5.69 Å². The number of anilines is 1. The van der Waals surface area contributed by atoms with Crippen LogP contribution in [-0.4, -0.2) is 30.7 Å². The van der Waals surface area contributed by atoms with Crippen LogP contribution in [0.4, 0.5) is 11.4 Å². The minimum atomic E-state index is -0.379. The van der Waals surface area contributed by atoms with Crippen molar-refractivity contribution >= 4 is 11.4 Å². The van der Waals surface area contributed by atoms with Gasteiger partial charge in [-0.25, -0.2) is 0 Å². The molecule has 0 atom stereocenters. The molecule has 1 aromatic rings. The van der Waals surface area contributed by atoms with Gasteiger partial charge in [0.15, 0.2) is 5.75 Å². The molecule has 0 bridgehead atoms. The smallest absolute Gasteiger partial charge is 0.333 e. The van der Waals surface area contributed by atoms with Gasteiger partial charge in [-0.15, -0.1) is 0 Å². The van der Waals surface area contributed by atoms with Gasteiger partial charge in [-0.2, -0.15) is 0 Å². The average Bonchev–Trinajstić information content (AvgIpc) is 3.28. The summed E-state index contributed by atoms with van der Waals surface area (Å²) in [6, 6.07) is 5.85. The molecule has 0 amide bonds. The number of nitro groups is 1. The molecule has 0 aliphatic heterocycles. The Morgan fingerprint density at radius 1 is 1.38 bits per heavy atom. The van der Waals surface area contributed by atoms with Crippen LogP contribution >= 0.6 is 0 Å². The monoisotopic (exact) mass is 293 g/mol. The van der Waals surface area contributed by atoms with Gasteiger partial charge in [0.05, 0.1) is 11.5 Å². The zero-order chi connectivity index (χ0) is 15.1. The average molecular weight is 293 g/mol. The summed E-state index contributed by atoms with van der Waals surface area (Å²) < 4.78 is 5.46. The third-order valence-electron chi connectivity index (χ3n) is 3.32. The van der Waals surface area contributed by atoms with E-state index in [1.165, 1.54) is 12.8 Å². The Morgan fingerprint density at radius 3 is 2.86 bits per heavy atom. The van der Waals surface area contributed by atoms with E-state index < -0.39 is 0 Å². The number of rotatable bonds is 10. The largest absolute Gasteiger partial charge is 0.487 e. The summed E-state index contributed by atoms with van der Waals surface area (Å²) in [6.07, 6.45) is 4.31. The van der Waals surface area contributed by atoms with Crippen molar-refractivity contribution in [3.05, 3.63) is 28.3 Å². The molecule has 1 aromatic carbocycles. The SMILES string of the molecule is CCCOc1cccc(NCCCNC2CC2)c1[N+](=O)[O-]. The normalized spacial score (nSPS) is 14.0. The molecule has 0 aromatic heterocycles. The summed E-state index contributed by atoms with van der Waals surface area (Å²) >= 11 is 0. The molecule has 2 rings (SSSR count). The summed E-state index contributed by atoms with van der Waals surface area (Å²) in [5.74, 6) is 0.336. The van der Waals surface area contributed by atoms with E-state index in [0.717, 1.165) is 19.4 Å². The van der Waals surface area contributed by atoms with E-state index in [-0.39, 0.29) is 10.6 Å². The Kier molecular flexibility index (Phi) is 5.80. The van der Waals surface area contributed by atoms with Crippen LogP contribution in [0.3, 0.4) is 0 Å². The fraction of sp³-hybridized carbons (Fsp3) is 0.600. The molecule has 1 fully saturated rings. The number of nitrogens with zero attached hydrogens (tertiary/aromatic N) is 1. The maximum Gasteiger partial charge on any atom is 0.333 e. The number of ether oxygens (including phenoxy) is 1. The molecule has 2 N–H and O–H groups in total. The van der Waals surface area contributed by atoms with Crippen LogP contribution in [0.5, 0.6) is 5.75 Å². The van der Waals surface area contributed by atoms with E-state index in [1.54, 1.807) is 18.2 Å². The van der Waals surface area contributed by atoms with Crippen LogP contribution in [0, 0.1) is 10.1 Å². The third kappa shape index (κ3) is 4.90. The molecule has 0 unspecified atom stereocenters. The van der Waals surface area contributed by atoms with Crippen molar-refractivity contribution in [3.63, 3.8) is 0 Å². The molecule has 21 heavy (non-hydrogen) atoms. The van der Waals surface area contributed by atoms with Crippen molar-refractivity contribution in [3.8, 4) is 5.75 Å². The van der Waals surface area contributed by atoms with Crippen molar-refractivity contribution in [2.75, 3.05) is 25.0 Å². The van der Waals surface area contributed by atoms with Crippen LogP contribution in [0.2, 0.25) is 0 Å². The quantitative estimate of drug-likeness (QED) is 0.394. The van der Waals surface area contributed by atoms with Crippen molar-refractivity contribution in [2.24, 2.45) is 0 Å². The summed E-state index contributed by atoms with van der Waals surface area (Å²) in [5, 5.41) is 17.8. The lowest BCUT2D eigenvalue weighted by Crippen LogP contribution is -2.20. The molecule has 0 spiro atoms. The minimum absolute atomic E-state index is 0.0288. The Bertz CT molecular complexity index is 475. The maximum atomic E-state index is 11.3. The molecular weight excluding hydrogens is 270 g/mol. The van der Waals surface area contributed by atoms with Crippen LogP contribution in [0.1, 0.15) is 32.6 Å². The van der Waals surface area contributed by atoms with E-state index in [0.29, 0.717) is 30.6 Å². The number of hydrogen-bond donors (Lipinski definition) is 2. The second-order valence-electron chi connectivity index (χ2n) is 5.27. The predicted octanol–water partition coefficient (Wildman–Crippen LogP) is 2.94. The van der Waals surface area contributed by atoms with Gasteiger partial charge in [-0.1, -0.05) is 13.0 Å². The van der Waals surface area contributed by atoms with E-state index in [1.807, 2.05) is 6.92 Å². The first kappa shape index (κ1) is 15.6. The van der Waals surface area contributed by atoms with Crippen LogP contribution in [0.15, 0.2) is 18.2 Å². The highest BCUT2D eigenvalue weighted by atomic mass is 16.6. The zero-order valence-corrected chi connectivity index (χ0v) is 12.4. The first-order valence-corrected chi connectivity index (χ1v) is 7.59. The lowest BCUT2D eigenvalue weighted by atomic mass is 10.2. The molecular formula is C15H23N3O3. The van der Waals surface area contributed by atoms with Gasteiger partial charge in [0.25, 0.3) is 0 Å². The number of nitrogens with one attached hydrogen (secondary N) is 2. The van der Waals surface area contributed by atoms with Crippen molar-refractivity contribution in [1.29, 1.82) is 0 Å². The van der Waals surface area contributed by atoms with Crippen LogP contribution in [0.25, 0.3) is 0 Å². The van der Waals surface area contributed by atoms with Crippen molar-refractivity contribution in [2.45, 2.75) is 38.6 Å². The maximum absolute atomic E-state index is 11.3. The number of para-hydroxylation sites is 1. The summed E-state index contributed by atoms with van der Waals surface area (Å²) in [5.41, 5.74) is 0.557. The molecule has 1 saturated carbocycles. The Balaban J connectivity index is 1.91. The predicted molar refractivity (Wildman–Crippen MR) is 83.0 cm³/mol. The van der Waals surface area contributed by atoms with E-state index >= 15 is 0 Å². The highest BCUT2D eigenvalue weighted by Crippen LogP contribution is 2.34. The molecule has 6 nitrogen and oxygen atoms in total. The molecule has 1 aliphatic carbocycles. The molecule has 0 radical (unpaired) electrons. The zero-order valence-electron chi connectivity index (χ0n) is 12.4. The third-order valence-corrected chi connectivity index (χ3v) is 3.32. The van der Waals surface area contributed by atoms with Gasteiger partial charge in [-0.3, -0.25) is 10.1 Å². The lowest BCUT2D eigenvalue weighted by Gasteiger charge is -2.11. The number of nitro benzene ring substituents is 1. The van der Waals surface area contributed by atoms with Crippen LogP contribution < -0.4 is 15.4 Å². The van der Waals surface area contributed by atoms with Gasteiger partial charge in [0.2, 0.25) is 0 Å². The van der Waals surface area contributed by atoms with E-state index in [4.69, 9.17) is 4.74 Å². The van der Waals surface area contributed by atoms with Crippen LogP contribution in [-0.2, 0) is 0 Å². The highest BCUT2D eigenvalue weighted by Gasteiger charge is 2.21. The Labute approximate surface area is 125 Å². The molecule has 116 valence electrons. The topological polar surface area (TPSA) is 76.4 Å². The fourth-order valence-corrected chi connectivity index (χ4v) is 2.09. The van der Waals surface area contributed by atoms with Gasteiger partial charge in [0, 0.05) is 12.6 Å². The first-order valence-electron chi connectivity index (χ1n) is 7.59. The second kappa shape index (κ2) is 7.83. The molecule has 6 heteroatoms. The molecule has 0 heterocycles. The van der Waals surface area contributed by atoms with E-state index in [9.17, 15) is 10.1 Å². The highest BCUT2D eigenvalue weighted by molar-refractivity contribution is 5.68. The first-order chi connectivity index (χ1) is 10.2. The van der Waals surface area contributed by atoms with Gasteiger partial charge in [-0.05, 0) is 44.4 Å².